The zero-order valence-electron chi connectivity index (χ0n) is 17.4. The van der Waals surface area contributed by atoms with Crippen LogP contribution in [0.3, 0.4) is 0 Å². The molecule has 2 bridgehead atoms. The Morgan fingerprint density at radius 3 is 2.94 bits per heavy atom. The minimum absolute atomic E-state index is 0.0238. The summed E-state index contributed by atoms with van der Waals surface area (Å²) in [7, 11) is 0. The molecular formula is C21H25N5O5. The Kier molecular flexibility index (Phi) is 4.82. The van der Waals surface area contributed by atoms with E-state index >= 15 is 0 Å². The van der Waals surface area contributed by atoms with E-state index in [0.717, 1.165) is 0 Å². The first-order chi connectivity index (χ1) is 15.0. The van der Waals surface area contributed by atoms with Crippen LogP contribution in [0.25, 0.3) is 0 Å². The van der Waals surface area contributed by atoms with Crippen LogP contribution in [-0.2, 0) is 14.2 Å². The molecule has 3 aliphatic rings. The number of nitrogens with zero attached hydrogens (tertiary/aromatic N) is 3. The van der Waals surface area contributed by atoms with Gasteiger partial charge in [-0.3, -0.25) is 0 Å². The summed E-state index contributed by atoms with van der Waals surface area (Å²) in [6.45, 7) is 5.32. The van der Waals surface area contributed by atoms with Gasteiger partial charge in [0.15, 0.2) is 12.0 Å². The van der Waals surface area contributed by atoms with Crippen molar-refractivity contribution in [2.24, 2.45) is 5.92 Å². The molecule has 2 aromatic rings. The number of aromatic nitrogens is 2. The molecule has 0 radical (unpaired) electrons. The molecule has 1 aromatic carbocycles. The van der Waals surface area contributed by atoms with E-state index in [0.29, 0.717) is 42.8 Å². The molecule has 1 aromatic heterocycles. The second-order valence-corrected chi connectivity index (χ2v) is 7.90. The highest BCUT2D eigenvalue weighted by atomic mass is 16.6. The van der Waals surface area contributed by atoms with Crippen LogP contribution < -0.4 is 20.7 Å². The molecule has 4 heterocycles. The van der Waals surface area contributed by atoms with Crippen LogP contribution in [0.15, 0.2) is 30.3 Å². The molecule has 164 valence electrons. The maximum absolute atomic E-state index is 12.4. The van der Waals surface area contributed by atoms with Crippen LogP contribution in [0.4, 0.5) is 17.5 Å². The highest BCUT2D eigenvalue weighted by Gasteiger charge is 2.62. The topological polar surface area (TPSA) is 121 Å². The SMILES string of the molecule is CCOc1nc(N)nc2c1NCN2[C@@H]1O[C@@]2(COC(=O)c3ccccc3)CO[C@@H]1[C@@H]2C. The first kappa shape index (κ1) is 19.8. The number of esters is 1. The normalized spacial score (nSPS) is 28.3. The lowest BCUT2D eigenvalue weighted by atomic mass is 9.91. The summed E-state index contributed by atoms with van der Waals surface area (Å²) in [5.41, 5.74) is 6.37. The Morgan fingerprint density at radius 2 is 2.16 bits per heavy atom. The number of ether oxygens (including phenoxy) is 4. The van der Waals surface area contributed by atoms with Gasteiger partial charge in [0.05, 0.1) is 25.4 Å². The summed E-state index contributed by atoms with van der Waals surface area (Å²) in [5, 5.41) is 3.27. The minimum atomic E-state index is -0.718. The number of rotatable bonds is 6. The van der Waals surface area contributed by atoms with Gasteiger partial charge in [-0.1, -0.05) is 25.1 Å². The molecule has 0 unspecified atom stereocenters. The van der Waals surface area contributed by atoms with Crippen LogP contribution in [0.5, 0.6) is 5.88 Å². The number of nitrogens with two attached hydrogens (primary N) is 1. The third-order valence-corrected chi connectivity index (χ3v) is 6.10. The number of nitrogen functional groups attached to an aromatic ring is 1. The van der Waals surface area contributed by atoms with Crippen LogP contribution in [0.1, 0.15) is 24.2 Å². The number of benzene rings is 1. The second-order valence-electron chi connectivity index (χ2n) is 7.90. The van der Waals surface area contributed by atoms with Gasteiger partial charge >= 0.3 is 5.97 Å². The molecule has 0 spiro atoms. The summed E-state index contributed by atoms with van der Waals surface area (Å²) in [4.78, 5) is 23.0. The lowest BCUT2D eigenvalue weighted by Crippen LogP contribution is -2.49. The number of nitrogens with one attached hydrogen (secondary N) is 1. The zero-order valence-corrected chi connectivity index (χ0v) is 17.4. The summed E-state index contributed by atoms with van der Waals surface area (Å²) in [6, 6.07) is 8.91. The van der Waals surface area contributed by atoms with Crippen molar-refractivity contribution in [2.75, 3.05) is 42.4 Å². The van der Waals surface area contributed by atoms with Gasteiger partial charge in [0.1, 0.15) is 24.0 Å². The molecule has 2 saturated heterocycles. The van der Waals surface area contributed by atoms with Gasteiger partial charge in [-0.2, -0.15) is 9.97 Å². The van der Waals surface area contributed by atoms with E-state index in [4.69, 9.17) is 24.7 Å². The van der Waals surface area contributed by atoms with Gasteiger partial charge in [-0.25, -0.2) is 4.79 Å². The molecule has 0 saturated carbocycles. The van der Waals surface area contributed by atoms with E-state index in [2.05, 4.69) is 22.2 Å². The van der Waals surface area contributed by atoms with Crippen LogP contribution in [0, 0.1) is 5.92 Å². The smallest absolute Gasteiger partial charge is 0.338 e. The zero-order chi connectivity index (χ0) is 21.6. The van der Waals surface area contributed by atoms with Crippen molar-refractivity contribution in [3.05, 3.63) is 35.9 Å². The third kappa shape index (κ3) is 3.22. The number of hydrogen-bond acceptors (Lipinski definition) is 10. The highest BCUT2D eigenvalue weighted by Crippen LogP contribution is 2.49. The predicted molar refractivity (Wildman–Crippen MR) is 112 cm³/mol. The molecule has 5 rings (SSSR count). The van der Waals surface area contributed by atoms with Crippen molar-refractivity contribution in [3.8, 4) is 5.88 Å². The fraction of sp³-hybridized carbons (Fsp3) is 0.476. The summed E-state index contributed by atoms with van der Waals surface area (Å²) in [5.74, 6) is 0.791. The van der Waals surface area contributed by atoms with Crippen LogP contribution >= 0.6 is 0 Å². The van der Waals surface area contributed by atoms with Crippen molar-refractivity contribution < 1.29 is 23.7 Å². The van der Waals surface area contributed by atoms with Crippen molar-refractivity contribution in [1.29, 1.82) is 0 Å². The third-order valence-electron chi connectivity index (χ3n) is 6.10. The Bertz CT molecular complexity index is 990. The van der Waals surface area contributed by atoms with Gasteiger partial charge in [0.25, 0.3) is 0 Å². The van der Waals surface area contributed by atoms with Gasteiger partial charge in [-0.05, 0) is 19.1 Å². The van der Waals surface area contributed by atoms with E-state index in [1.165, 1.54) is 0 Å². The van der Waals surface area contributed by atoms with Crippen LogP contribution in [-0.4, -0.2) is 60.4 Å². The highest BCUT2D eigenvalue weighted by molar-refractivity contribution is 5.89. The lowest BCUT2D eigenvalue weighted by molar-refractivity contribution is -0.158. The monoisotopic (exact) mass is 427 g/mol. The molecule has 3 N–H and O–H groups in total. The number of anilines is 3. The van der Waals surface area contributed by atoms with Gasteiger partial charge in [-0.15, -0.1) is 0 Å². The fourth-order valence-electron chi connectivity index (χ4n) is 4.38. The van der Waals surface area contributed by atoms with Crippen molar-refractivity contribution in [2.45, 2.75) is 31.8 Å². The maximum Gasteiger partial charge on any atom is 0.338 e. The van der Waals surface area contributed by atoms with Crippen molar-refractivity contribution >= 4 is 23.4 Å². The summed E-state index contributed by atoms with van der Waals surface area (Å²) >= 11 is 0. The average molecular weight is 427 g/mol. The van der Waals surface area contributed by atoms with Gasteiger partial charge in [0.2, 0.25) is 11.8 Å². The molecule has 0 amide bonds. The number of carbonyl (C=O) groups excluding carboxylic acids is 1. The second kappa shape index (κ2) is 7.54. The van der Waals surface area contributed by atoms with Gasteiger partial charge in [0, 0.05) is 5.92 Å². The maximum atomic E-state index is 12.4. The number of hydrogen-bond donors (Lipinski definition) is 2. The Labute approximate surface area is 179 Å². The van der Waals surface area contributed by atoms with E-state index in [9.17, 15) is 4.79 Å². The molecule has 2 fully saturated rings. The first-order valence-electron chi connectivity index (χ1n) is 10.3. The van der Waals surface area contributed by atoms with E-state index in [-0.39, 0.29) is 30.5 Å². The number of carbonyl (C=O) groups is 1. The number of fused-ring (bicyclic) bond motifs is 3. The standard InChI is InChI=1S/C21H25N5O5/c1-3-28-17-14-16(24-20(22)25-17)26(11-23-14)18-15-12(2)21(31-18,9-29-15)10-30-19(27)13-7-5-4-6-8-13/h4-8,12,15,18,23H,3,9-11H2,1-2H3,(H2,22,24,25)/t12-,15+,18+,21+/m0/s1. The molecular weight excluding hydrogens is 402 g/mol. The van der Waals surface area contributed by atoms with E-state index < -0.39 is 11.8 Å². The lowest BCUT2D eigenvalue weighted by Gasteiger charge is -2.35. The van der Waals surface area contributed by atoms with Crippen molar-refractivity contribution in [1.82, 2.24) is 9.97 Å². The predicted octanol–water partition coefficient (Wildman–Crippen LogP) is 1.63. The quantitative estimate of drug-likeness (QED) is 0.658. The fourth-order valence-corrected chi connectivity index (χ4v) is 4.38. The van der Waals surface area contributed by atoms with Gasteiger partial charge < -0.3 is 34.9 Å². The summed E-state index contributed by atoms with van der Waals surface area (Å²) < 4.78 is 23.7. The first-order valence-corrected chi connectivity index (χ1v) is 10.3. The largest absolute Gasteiger partial charge is 0.476 e. The molecule has 10 heteroatoms. The molecule has 31 heavy (non-hydrogen) atoms. The Morgan fingerprint density at radius 1 is 1.35 bits per heavy atom. The Hall–Kier alpha value is -3.11. The van der Waals surface area contributed by atoms with E-state index in [1.54, 1.807) is 24.3 Å². The average Bonchev–Trinajstić information content (AvgIpc) is 3.42. The van der Waals surface area contributed by atoms with Crippen LogP contribution in [0.2, 0.25) is 0 Å². The van der Waals surface area contributed by atoms with E-state index in [1.807, 2.05) is 17.9 Å². The Balaban J connectivity index is 1.35. The minimum Gasteiger partial charge on any atom is -0.476 e. The van der Waals surface area contributed by atoms with Crippen molar-refractivity contribution in [3.63, 3.8) is 0 Å². The summed E-state index contributed by atoms with van der Waals surface area (Å²) in [6.07, 6.45) is -0.605. The molecule has 3 aliphatic heterocycles. The molecule has 4 atom stereocenters. The molecule has 0 aliphatic carbocycles. The molecule has 10 nitrogen and oxygen atoms in total.